The van der Waals surface area contributed by atoms with E-state index in [1.165, 1.54) is 15.9 Å². The molecule has 0 saturated heterocycles. The van der Waals surface area contributed by atoms with Crippen LogP contribution >= 0.6 is 11.3 Å². The van der Waals surface area contributed by atoms with Gasteiger partial charge >= 0.3 is 5.69 Å². The molecular weight excluding hydrogens is 360 g/mol. The summed E-state index contributed by atoms with van der Waals surface area (Å²) < 4.78 is 1.54. The summed E-state index contributed by atoms with van der Waals surface area (Å²) in [5.41, 5.74) is 0.678. The fourth-order valence-corrected chi connectivity index (χ4v) is 4.05. The molecule has 27 heavy (non-hydrogen) atoms. The second-order valence-electron chi connectivity index (χ2n) is 5.74. The molecule has 0 saturated carbocycles. The number of pyridine rings is 1. The zero-order valence-corrected chi connectivity index (χ0v) is 14.6. The molecule has 0 atom stereocenters. The third kappa shape index (κ3) is 2.54. The molecule has 0 spiro atoms. The molecule has 4 aromatic rings. The van der Waals surface area contributed by atoms with E-state index >= 15 is 0 Å². The summed E-state index contributed by atoms with van der Waals surface area (Å²) in [6, 6.07) is 19.8. The van der Waals surface area contributed by atoms with E-state index in [1.54, 1.807) is 30.3 Å². The maximum atomic E-state index is 12.9. The molecule has 4 rings (SSSR count). The minimum Gasteiger partial charge on any atom is -0.854 e. The first-order valence-electron chi connectivity index (χ1n) is 7.95. The van der Waals surface area contributed by atoms with Crippen LogP contribution in [0.5, 0.6) is 5.88 Å². The van der Waals surface area contributed by atoms with Gasteiger partial charge in [0.2, 0.25) is 5.39 Å². The van der Waals surface area contributed by atoms with Crippen LogP contribution < -0.4 is 10.5 Å². The van der Waals surface area contributed by atoms with Crippen molar-refractivity contribution in [2.75, 3.05) is 0 Å². The van der Waals surface area contributed by atoms with Crippen molar-refractivity contribution >= 4 is 27.2 Å². The first-order chi connectivity index (χ1) is 13.2. The Morgan fingerprint density at radius 2 is 1.78 bits per heavy atom. The smallest absolute Gasteiger partial charge is 0.442 e. The summed E-state index contributed by atoms with van der Waals surface area (Å²) in [7, 11) is 0. The van der Waals surface area contributed by atoms with E-state index in [-0.39, 0.29) is 10.3 Å². The lowest BCUT2D eigenvalue weighted by Gasteiger charge is -2.17. The molecule has 2 aromatic heterocycles. The van der Waals surface area contributed by atoms with Gasteiger partial charge < -0.3 is 9.67 Å². The van der Waals surface area contributed by atoms with E-state index in [1.807, 2.05) is 36.4 Å². The maximum absolute atomic E-state index is 12.9. The van der Waals surface area contributed by atoms with Crippen molar-refractivity contribution < 1.29 is 5.11 Å². The highest BCUT2D eigenvalue weighted by Gasteiger charge is 2.24. The highest BCUT2D eigenvalue weighted by molar-refractivity contribution is 7.22. The number of benzene rings is 2. The Bertz CT molecular complexity index is 1320. The normalized spacial score (nSPS) is 10.4. The van der Waals surface area contributed by atoms with Crippen LogP contribution in [0.1, 0.15) is 5.56 Å². The van der Waals surface area contributed by atoms with E-state index < -0.39 is 17.0 Å². The van der Waals surface area contributed by atoms with Gasteiger partial charge in [-0.2, -0.15) is 5.26 Å². The molecule has 2 aromatic carbocycles. The average Bonchev–Trinajstić information content (AvgIpc) is 3.15. The van der Waals surface area contributed by atoms with E-state index in [0.717, 1.165) is 10.4 Å². The van der Waals surface area contributed by atoms with E-state index in [0.29, 0.717) is 11.2 Å². The van der Waals surface area contributed by atoms with Gasteiger partial charge in [-0.05, 0) is 23.8 Å². The van der Waals surface area contributed by atoms with Gasteiger partial charge in [0.1, 0.15) is 10.8 Å². The van der Waals surface area contributed by atoms with E-state index in [9.17, 15) is 20.6 Å². The largest absolute Gasteiger partial charge is 0.854 e. The van der Waals surface area contributed by atoms with Gasteiger partial charge in [-0.15, -0.1) is 11.3 Å². The lowest BCUT2D eigenvalue weighted by atomic mass is 10.1. The van der Waals surface area contributed by atoms with Crippen LogP contribution in [0.2, 0.25) is 0 Å². The standard InChI is InChI=1S/C20H10N4O2S/c21-11-13-8-4-5-9-14(13)24-15-10-16(12-6-2-1-3-7-12)27-19(15)18(25)17(23-22)20(24)26/h1-10H. The molecule has 0 fully saturated rings. The molecule has 0 bridgehead atoms. The zero-order valence-electron chi connectivity index (χ0n) is 13.8. The molecule has 0 amide bonds. The molecule has 0 radical (unpaired) electrons. The van der Waals surface area contributed by atoms with Gasteiger partial charge in [-0.25, -0.2) is 0 Å². The molecule has 0 unspecified atom stereocenters. The molecule has 0 aliphatic carbocycles. The summed E-state index contributed by atoms with van der Waals surface area (Å²) in [5, 5.41) is 31.5. The first-order valence-corrected chi connectivity index (χ1v) is 8.77. The minimum absolute atomic E-state index is 0.274. The Hall–Kier alpha value is -3.94. The number of thiophene rings is 1. The van der Waals surface area contributed by atoms with Crippen molar-refractivity contribution in [2.45, 2.75) is 0 Å². The lowest BCUT2D eigenvalue weighted by Crippen LogP contribution is -2.13. The predicted octanol–water partition coefficient (Wildman–Crippen LogP) is 4.15. The van der Waals surface area contributed by atoms with Gasteiger partial charge in [0, 0.05) is 4.88 Å². The number of hydrogen-bond donors (Lipinski definition) is 0. The topological polar surface area (TPSA) is 97.0 Å². The number of rotatable bonds is 2. The lowest BCUT2D eigenvalue weighted by molar-refractivity contribution is -0.275. The minimum atomic E-state index is -0.768. The summed E-state index contributed by atoms with van der Waals surface area (Å²) in [6.07, 6.45) is 0. The fraction of sp³-hybridized carbons (Fsp3) is 0. The molecule has 6 nitrogen and oxygen atoms in total. The van der Waals surface area contributed by atoms with Crippen LogP contribution in [0.25, 0.3) is 31.3 Å². The summed E-state index contributed by atoms with van der Waals surface area (Å²) >= 11 is 1.21. The van der Waals surface area contributed by atoms with Crippen molar-refractivity contribution in [1.82, 2.24) is 4.57 Å². The van der Waals surface area contributed by atoms with Crippen molar-refractivity contribution in [1.29, 1.82) is 10.7 Å². The molecule has 2 heterocycles. The van der Waals surface area contributed by atoms with Gasteiger partial charge in [0.25, 0.3) is 5.43 Å². The number of para-hydroxylation sites is 1. The van der Waals surface area contributed by atoms with Gasteiger partial charge in [0.15, 0.2) is 4.98 Å². The molecule has 0 aliphatic heterocycles. The summed E-state index contributed by atoms with van der Waals surface area (Å²) in [4.78, 5) is 16.4. The molecular formula is C20H10N4O2S. The van der Waals surface area contributed by atoms with Crippen molar-refractivity contribution in [3.63, 3.8) is 0 Å². The van der Waals surface area contributed by atoms with Gasteiger partial charge in [-0.1, -0.05) is 42.5 Å². The van der Waals surface area contributed by atoms with Crippen molar-refractivity contribution in [2.24, 2.45) is 0 Å². The number of aromatic nitrogens is 1. The second-order valence-corrected chi connectivity index (χ2v) is 6.79. The fourth-order valence-electron chi connectivity index (χ4n) is 2.97. The maximum Gasteiger partial charge on any atom is 0.442 e. The quantitative estimate of drug-likeness (QED) is 0.495. The van der Waals surface area contributed by atoms with Crippen LogP contribution in [0, 0.1) is 16.7 Å². The Kier molecular flexibility index (Phi) is 3.92. The summed E-state index contributed by atoms with van der Waals surface area (Å²) in [6.45, 7) is 0. The highest BCUT2D eigenvalue weighted by Crippen LogP contribution is 2.37. The van der Waals surface area contributed by atoms with Gasteiger partial charge in [-0.3, -0.25) is 4.79 Å². The first kappa shape index (κ1) is 16.5. The van der Waals surface area contributed by atoms with Crippen molar-refractivity contribution in [3.8, 4) is 28.1 Å². The SMILES string of the molecule is N#Cc1ccccc1-n1c([O-])c([N+]#N)c(=O)c2sc(-c3ccccc3)cc21. The Morgan fingerprint density at radius 3 is 2.48 bits per heavy atom. The van der Waals surface area contributed by atoms with Gasteiger partial charge in [0.05, 0.1) is 22.6 Å². The molecule has 0 N–H and O–H groups in total. The van der Waals surface area contributed by atoms with Crippen LogP contribution in [0.4, 0.5) is 5.69 Å². The predicted molar refractivity (Wildman–Crippen MR) is 102 cm³/mol. The van der Waals surface area contributed by atoms with E-state index in [2.05, 4.69) is 4.98 Å². The third-order valence-electron chi connectivity index (χ3n) is 4.20. The number of nitrogens with zero attached hydrogens (tertiary/aromatic N) is 4. The zero-order chi connectivity index (χ0) is 19.0. The number of hydrogen-bond acceptors (Lipinski definition) is 5. The second kappa shape index (κ2) is 6.41. The van der Waals surface area contributed by atoms with Crippen LogP contribution in [0.3, 0.4) is 0 Å². The van der Waals surface area contributed by atoms with Crippen molar-refractivity contribution in [3.05, 3.63) is 81.4 Å². The third-order valence-corrected chi connectivity index (χ3v) is 5.38. The van der Waals surface area contributed by atoms with E-state index in [4.69, 9.17) is 0 Å². The average molecular weight is 370 g/mol. The van der Waals surface area contributed by atoms with Crippen LogP contribution in [0.15, 0.2) is 65.5 Å². The monoisotopic (exact) mass is 370 g/mol. The molecule has 0 aliphatic rings. The Labute approximate surface area is 157 Å². The molecule has 128 valence electrons. The van der Waals surface area contributed by atoms with Crippen LogP contribution in [-0.2, 0) is 0 Å². The molecule has 7 heteroatoms. The number of diazo groups is 1. The van der Waals surface area contributed by atoms with Crippen LogP contribution in [-0.4, -0.2) is 4.57 Å². The Morgan fingerprint density at radius 1 is 1.07 bits per heavy atom. The summed E-state index contributed by atoms with van der Waals surface area (Å²) in [5.74, 6) is -0.768. The number of fused-ring (bicyclic) bond motifs is 1. The number of nitriles is 1. The highest BCUT2D eigenvalue weighted by atomic mass is 32.1. The Balaban J connectivity index is 2.15.